The molecule has 0 fully saturated rings. The molecule has 0 saturated carbocycles. The molecule has 3 aromatic rings. The van der Waals surface area contributed by atoms with Gasteiger partial charge in [0.25, 0.3) is 0 Å². The first-order valence-corrected chi connectivity index (χ1v) is 14.2. The highest BCUT2D eigenvalue weighted by Crippen LogP contribution is 2.50. The molecule has 2 radical (unpaired) electrons. The van der Waals surface area contributed by atoms with E-state index in [1.165, 1.54) is 61.2 Å². The van der Waals surface area contributed by atoms with E-state index in [-0.39, 0.29) is 0 Å². The van der Waals surface area contributed by atoms with E-state index in [1.54, 1.807) is 11.1 Å². The summed E-state index contributed by atoms with van der Waals surface area (Å²) in [6.07, 6.45) is 0. The molecule has 0 aromatic heterocycles. The highest BCUT2D eigenvalue weighted by molar-refractivity contribution is 6.57. The zero-order chi connectivity index (χ0) is 24.1. The Labute approximate surface area is 208 Å². The molecule has 0 atom stereocenters. The summed E-state index contributed by atoms with van der Waals surface area (Å²) < 4.78 is 0. The molecular weight excluding hydrogens is 424 g/mol. The second-order valence-electron chi connectivity index (χ2n) is 10.6. The fourth-order valence-corrected chi connectivity index (χ4v) is 8.35. The van der Waals surface area contributed by atoms with Crippen LogP contribution in [0.5, 0.6) is 0 Å². The van der Waals surface area contributed by atoms with Gasteiger partial charge in [0.2, 0.25) is 0 Å². The van der Waals surface area contributed by atoms with Crippen LogP contribution < -0.4 is 0 Å². The van der Waals surface area contributed by atoms with E-state index < -0.39 is 9.52 Å². The van der Waals surface area contributed by atoms with Crippen molar-refractivity contribution in [3.05, 3.63) is 128 Å². The van der Waals surface area contributed by atoms with E-state index in [4.69, 9.17) is 0 Å². The molecule has 2 aliphatic carbocycles. The van der Waals surface area contributed by atoms with Crippen LogP contribution in [-0.2, 0) is 0 Å². The first-order chi connectivity index (χ1) is 16.3. The van der Waals surface area contributed by atoms with E-state index >= 15 is 0 Å². The Balaban J connectivity index is 1.65. The summed E-state index contributed by atoms with van der Waals surface area (Å²) in [5, 5.41) is 0. The quantitative estimate of drug-likeness (QED) is 0.337. The highest BCUT2D eigenvalue weighted by atomic mass is 28.2. The van der Waals surface area contributed by atoms with Crippen molar-refractivity contribution in [3.63, 3.8) is 0 Å². The van der Waals surface area contributed by atoms with Crippen LogP contribution in [0.4, 0.5) is 0 Å². The second-order valence-corrected chi connectivity index (χ2v) is 12.4. The maximum Gasteiger partial charge on any atom is 0.0575 e. The lowest BCUT2D eigenvalue weighted by molar-refractivity contribution is 0.862. The molecular formula is C33H36Si. The van der Waals surface area contributed by atoms with Crippen LogP contribution >= 0.6 is 0 Å². The summed E-state index contributed by atoms with van der Waals surface area (Å²) in [5.41, 5.74) is 19.5. The SMILES string of the molecule is CC1=C(C)c2c(cccc2C(C)C)[C]1[SiH2][C]1C(C)=C(c2ccccc2)c2c1cccc2C(C)C. The summed E-state index contributed by atoms with van der Waals surface area (Å²) in [6, 6.07) is 25.0. The summed E-state index contributed by atoms with van der Waals surface area (Å²) in [7, 11) is -0.680. The van der Waals surface area contributed by atoms with Crippen molar-refractivity contribution in [2.24, 2.45) is 0 Å². The normalized spacial score (nSPS) is 16.6. The standard InChI is InChI=1S/C33H36Si/c1-19(2)25-15-11-17-27-30(25)21(5)22(6)32(27)34-33-23(7)29(24-13-9-8-10-14-24)31-26(20(3)4)16-12-18-28(31)33/h8-20H,34H2,1-7H3. The lowest BCUT2D eigenvalue weighted by atomic mass is 9.89. The molecule has 0 heterocycles. The van der Waals surface area contributed by atoms with Crippen LogP contribution in [0.1, 0.15) is 99.2 Å². The summed E-state index contributed by atoms with van der Waals surface area (Å²) in [4.78, 5) is 0. The predicted molar refractivity (Wildman–Crippen MR) is 151 cm³/mol. The Morgan fingerprint density at radius 2 is 1.06 bits per heavy atom. The van der Waals surface area contributed by atoms with Gasteiger partial charge in [0.15, 0.2) is 0 Å². The van der Waals surface area contributed by atoms with Gasteiger partial charge >= 0.3 is 0 Å². The molecule has 5 rings (SSSR count). The largest absolute Gasteiger partial charge is 0.0622 e. The zero-order valence-corrected chi connectivity index (χ0v) is 23.1. The predicted octanol–water partition coefficient (Wildman–Crippen LogP) is 8.20. The average molecular weight is 461 g/mol. The monoisotopic (exact) mass is 460 g/mol. The first kappa shape index (κ1) is 23.1. The van der Waals surface area contributed by atoms with Crippen LogP contribution in [-0.4, -0.2) is 9.52 Å². The van der Waals surface area contributed by atoms with E-state index in [9.17, 15) is 0 Å². The van der Waals surface area contributed by atoms with Crippen molar-refractivity contribution in [2.45, 2.75) is 60.3 Å². The maximum absolute atomic E-state index is 2.38. The summed E-state index contributed by atoms with van der Waals surface area (Å²) in [6.45, 7) is 16.4. The molecule has 0 N–H and O–H groups in total. The Kier molecular flexibility index (Phi) is 6.02. The van der Waals surface area contributed by atoms with Crippen molar-refractivity contribution in [3.8, 4) is 0 Å². The van der Waals surface area contributed by atoms with E-state index in [1.807, 2.05) is 0 Å². The number of rotatable bonds is 5. The molecule has 0 nitrogen and oxygen atoms in total. The molecule has 3 aromatic carbocycles. The molecule has 172 valence electrons. The van der Waals surface area contributed by atoms with Gasteiger partial charge < -0.3 is 0 Å². The molecule has 34 heavy (non-hydrogen) atoms. The molecule has 1 heteroatoms. The van der Waals surface area contributed by atoms with Crippen molar-refractivity contribution in [2.75, 3.05) is 0 Å². The number of allylic oxidation sites excluding steroid dienone is 3. The van der Waals surface area contributed by atoms with Gasteiger partial charge in [-0.3, -0.25) is 0 Å². The van der Waals surface area contributed by atoms with Crippen molar-refractivity contribution >= 4 is 20.7 Å². The first-order valence-electron chi connectivity index (χ1n) is 12.7. The minimum atomic E-state index is -0.680. The Hall–Kier alpha value is -2.64. The summed E-state index contributed by atoms with van der Waals surface area (Å²) >= 11 is 0. The van der Waals surface area contributed by atoms with Gasteiger partial charge in [0.05, 0.1) is 9.52 Å². The molecule has 0 spiro atoms. The summed E-state index contributed by atoms with van der Waals surface area (Å²) in [5.74, 6) is 1.04. The molecule has 2 aliphatic rings. The lowest BCUT2D eigenvalue weighted by Gasteiger charge is -2.21. The molecule has 0 bridgehead atoms. The number of hydrogen-bond donors (Lipinski definition) is 0. The fraction of sp³-hybridized carbons (Fsp3) is 0.273. The number of hydrogen-bond acceptors (Lipinski definition) is 0. The van der Waals surface area contributed by atoms with E-state index in [0.29, 0.717) is 11.8 Å². The number of benzene rings is 3. The average Bonchev–Trinajstić information content (AvgIpc) is 3.25. The third-order valence-corrected chi connectivity index (χ3v) is 10.5. The van der Waals surface area contributed by atoms with Crippen molar-refractivity contribution < 1.29 is 0 Å². The fourth-order valence-electron chi connectivity index (χ4n) is 6.06. The van der Waals surface area contributed by atoms with Crippen LogP contribution in [0.2, 0.25) is 0 Å². The van der Waals surface area contributed by atoms with Gasteiger partial charge in [-0.15, -0.1) is 0 Å². The highest BCUT2D eigenvalue weighted by Gasteiger charge is 2.38. The van der Waals surface area contributed by atoms with Gasteiger partial charge in [-0.2, -0.15) is 0 Å². The minimum absolute atomic E-state index is 0.500. The smallest absolute Gasteiger partial charge is 0.0575 e. The maximum atomic E-state index is 2.38. The van der Waals surface area contributed by atoms with Crippen LogP contribution in [0.15, 0.2) is 77.9 Å². The van der Waals surface area contributed by atoms with Crippen LogP contribution in [0.3, 0.4) is 0 Å². The lowest BCUT2D eigenvalue weighted by Crippen LogP contribution is -2.18. The minimum Gasteiger partial charge on any atom is -0.0622 e. The van der Waals surface area contributed by atoms with Crippen LogP contribution in [0.25, 0.3) is 11.1 Å². The van der Waals surface area contributed by atoms with E-state index in [2.05, 4.69) is 115 Å². The third kappa shape index (κ3) is 3.57. The van der Waals surface area contributed by atoms with Crippen molar-refractivity contribution in [1.82, 2.24) is 0 Å². The molecule has 0 unspecified atom stereocenters. The van der Waals surface area contributed by atoms with Gasteiger partial charge in [-0.05, 0) is 82.7 Å². The Morgan fingerprint density at radius 3 is 1.65 bits per heavy atom. The van der Waals surface area contributed by atoms with Gasteiger partial charge in [0.1, 0.15) is 0 Å². The van der Waals surface area contributed by atoms with Gasteiger partial charge in [-0.25, -0.2) is 0 Å². The van der Waals surface area contributed by atoms with E-state index in [0.717, 1.165) is 0 Å². The zero-order valence-electron chi connectivity index (χ0n) is 21.7. The molecule has 0 saturated heterocycles. The number of fused-ring (bicyclic) bond motifs is 2. The second kappa shape index (κ2) is 8.85. The van der Waals surface area contributed by atoms with Gasteiger partial charge in [-0.1, -0.05) is 106 Å². The Bertz CT molecular complexity index is 1300. The molecule has 0 amide bonds. The van der Waals surface area contributed by atoms with Gasteiger partial charge in [0, 0.05) is 11.1 Å². The topological polar surface area (TPSA) is 0 Å². The van der Waals surface area contributed by atoms with Crippen molar-refractivity contribution in [1.29, 1.82) is 0 Å². The third-order valence-electron chi connectivity index (χ3n) is 7.97. The van der Waals surface area contributed by atoms with Crippen LogP contribution in [0, 0.1) is 11.1 Å². The molecule has 0 aliphatic heterocycles. The Morgan fingerprint density at radius 1 is 0.529 bits per heavy atom.